The van der Waals surface area contributed by atoms with Crippen molar-refractivity contribution in [3.63, 3.8) is 0 Å². The molecule has 1 aliphatic heterocycles. The Kier molecular flexibility index (Phi) is 5.34. The molecule has 4 heteroatoms. The van der Waals surface area contributed by atoms with Gasteiger partial charge in [-0.05, 0) is 37.5 Å². The first-order valence-electron chi connectivity index (χ1n) is 6.36. The molecule has 0 saturated carbocycles. The molecule has 2 unspecified atom stereocenters. The molecule has 0 spiro atoms. The zero-order chi connectivity index (χ0) is 13.0. The van der Waals surface area contributed by atoms with E-state index in [-0.39, 0.29) is 5.38 Å². The minimum Gasteiger partial charge on any atom is -0.494 e. The summed E-state index contributed by atoms with van der Waals surface area (Å²) >= 11 is 10.1. The van der Waals surface area contributed by atoms with E-state index in [4.69, 9.17) is 21.1 Å². The maximum absolute atomic E-state index is 6.57. The van der Waals surface area contributed by atoms with E-state index in [0.29, 0.717) is 12.5 Å². The second kappa shape index (κ2) is 6.78. The van der Waals surface area contributed by atoms with Gasteiger partial charge in [0.05, 0.1) is 18.6 Å². The Morgan fingerprint density at radius 3 is 3.00 bits per heavy atom. The lowest BCUT2D eigenvalue weighted by Crippen LogP contribution is -2.21. The van der Waals surface area contributed by atoms with Crippen LogP contribution in [-0.4, -0.2) is 19.8 Å². The minimum atomic E-state index is -0.00430. The second-order valence-electron chi connectivity index (χ2n) is 4.50. The van der Waals surface area contributed by atoms with E-state index < -0.39 is 0 Å². The SMILES string of the molecule is CCOc1ccc(C(Cl)C2CCCOC2)c(Br)c1. The zero-order valence-corrected chi connectivity index (χ0v) is 12.8. The topological polar surface area (TPSA) is 18.5 Å². The van der Waals surface area contributed by atoms with Crippen LogP contribution in [0.3, 0.4) is 0 Å². The smallest absolute Gasteiger partial charge is 0.120 e. The molecular weight excluding hydrogens is 316 g/mol. The summed E-state index contributed by atoms with van der Waals surface area (Å²) < 4.78 is 12.0. The van der Waals surface area contributed by atoms with E-state index >= 15 is 0 Å². The van der Waals surface area contributed by atoms with Crippen molar-refractivity contribution in [2.45, 2.75) is 25.1 Å². The summed E-state index contributed by atoms with van der Waals surface area (Å²) in [7, 11) is 0. The van der Waals surface area contributed by atoms with Gasteiger partial charge in [-0.2, -0.15) is 0 Å². The standard InChI is InChI=1S/C14H18BrClO2/c1-2-18-11-5-6-12(13(15)8-11)14(16)10-4-3-7-17-9-10/h5-6,8,10,14H,2-4,7,9H2,1H3. The average Bonchev–Trinajstić information content (AvgIpc) is 2.40. The summed E-state index contributed by atoms with van der Waals surface area (Å²) in [5.74, 6) is 1.27. The Hall–Kier alpha value is -0.250. The van der Waals surface area contributed by atoms with Crippen molar-refractivity contribution in [1.82, 2.24) is 0 Å². The number of hydrogen-bond donors (Lipinski definition) is 0. The van der Waals surface area contributed by atoms with Crippen molar-refractivity contribution in [3.8, 4) is 5.75 Å². The van der Waals surface area contributed by atoms with Crippen LogP contribution in [0.4, 0.5) is 0 Å². The van der Waals surface area contributed by atoms with Crippen molar-refractivity contribution in [3.05, 3.63) is 28.2 Å². The second-order valence-corrected chi connectivity index (χ2v) is 5.82. The Morgan fingerprint density at radius 2 is 2.39 bits per heavy atom. The fourth-order valence-electron chi connectivity index (χ4n) is 2.24. The number of rotatable bonds is 4. The molecule has 2 rings (SSSR count). The Balaban J connectivity index is 2.11. The zero-order valence-electron chi connectivity index (χ0n) is 10.5. The maximum Gasteiger partial charge on any atom is 0.120 e. The molecule has 0 aliphatic carbocycles. The Morgan fingerprint density at radius 1 is 1.56 bits per heavy atom. The van der Waals surface area contributed by atoms with E-state index in [2.05, 4.69) is 15.9 Å². The van der Waals surface area contributed by atoms with Crippen LogP contribution in [0.5, 0.6) is 5.75 Å². The van der Waals surface area contributed by atoms with Gasteiger partial charge in [-0.15, -0.1) is 11.6 Å². The summed E-state index contributed by atoms with van der Waals surface area (Å²) in [6.07, 6.45) is 2.23. The van der Waals surface area contributed by atoms with E-state index in [1.165, 1.54) is 0 Å². The fourth-order valence-corrected chi connectivity index (χ4v) is 3.36. The largest absolute Gasteiger partial charge is 0.494 e. The lowest BCUT2D eigenvalue weighted by atomic mass is 9.93. The highest BCUT2D eigenvalue weighted by Crippen LogP contribution is 2.38. The van der Waals surface area contributed by atoms with Gasteiger partial charge in [-0.25, -0.2) is 0 Å². The van der Waals surface area contributed by atoms with Crippen LogP contribution in [0, 0.1) is 5.92 Å². The van der Waals surface area contributed by atoms with Crippen molar-refractivity contribution >= 4 is 27.5 Å². The Labute approximate surface area is 122 Å². The third-order valence-corrected chi connectivity index (χ3v) is 4.47. The summed E-state index contributed by atoms with van der Waals surface area (Å²) in [6.45, 7) is 4.27. The van der Waals surface area contributed by atoms with E-state index in [0.717, 1.165) is 41.8 Å². The van der Waals surface area contributed by atoms with Crippen LogP contribution >= 0.6 is 27.5 Å². The summed E-state index contributed by atoms with van der Waals surface area (Å²) in [5, 5.41) is -0.00430. The number of benzene rings is 1. The Bertz CT molecular complexity index is 391. The van der Waals surface area contributed by atoms with Crippen molar-refractivity contribution < 1.29 is 9.47 Å². The molecule has 100 valence electrons. The molecule has 1 aromatic carbocycles. The molecule has 1 aliphatic rings. The molecular formula is C14H18BrClO2. The van der Waals surface area contributed by atoms with E-state index in [9.17, 15) is 0 Å². The summed E-state index contributed by atoms with van der Waals surface area (Å²) in [6, 6.07) is 6.00. The van der Waals surface area contributed by atoms with Gasteiger partial charge in [0.2, 0.25) is 0 Å². The van der Waals surface area contributed by atoms with Crippen molar-refractivity contribution in [2.75, 3.05) is 19.8 Å². The van der Waals surface area contributed by atoms with Crippen LogP contribution in [0.2, 0.25) is 0 Å². The first-order valence-corrected chi connectivity index (χ1v) is 7.59. The number of hydrogen-bond acceptors (Lipinski definition) is 2. The highest BCUT2D eigenvalue weighted by Gasteiger charge is 2.25. The lowest BCUT2D eigenvalue weighted by molar-refractivity contribution is 0.0531. The quantitative estimate of drug-likeness (QED) is 0.752. The van der Waals surface area contributed by atoms with Gasteiger partial charge < -0.3 is 9.47 Å². The van der Waals surface area contributed by atoms with E-state index in [1.54, 1.807) is 0 Å². The molecule has 1 heterocycles. The molecule has 2 nitrogen and oxygen atoms in total. The van der Waals surface area contributed by atoms with Gasteiger partial charge in [-0.1, -0.05) is 22.0 Å². The third kappa shape index (κ3) is 3.40. The molecule has 0 bridgehead atoms. The predicted molar refractivity (Wildman–Crippen MR) is 77.4 cm³/mol. The monoisotopic (exact) mass is 332 g/mol. The number of ether oxygens (including phenoxy) is 2. The van der Waals surface area contributed by atoms with E-state index in [1.807, 2.05) is 25.1 Å². The van der Waals surface area contributed by atoms with Gasteiger partial charge in [-0.3, -0.25) is 0 Å². The van der Waals surface area contributed by atoms with Gasteiger partial charge >= 0.3 is 0 Å². The molecule has 1 aromatic rings. The van der Waals surface area contributed by atoms with Crippen LogP contribution in [-0.2, 0) is 4.74 Å². The molecule has 0 radical (unpaired) electrons. The van der Waals surface area contributed by atoms with Gasteiger partial charge in [0.15, 0.2) is 0 Å². The third-order valence-electron chi connectivity index (χ3n) is 3.19. The van der Waals surface area contributed by atoms with Gasteiger partial charge in [0.25, 0.3) is 0 Å². The number of halogens is 2. The fraction of sp³-hybridized carbons (Fsp3) is 0.571. The van der Waals surface area contributed by atoms with Crippen molar-refractivity contribution in [2.24, 2.45) is 5.92 Å². The van der Waals surface area contributed by atoms with Crippen LogP contribution in [0.1, 0.15) is 30.7 Å². The highest BCUT2D eigenvalue weighted by molar-refractivity contribution is 9.10. The summed E-state index contributed by atoms with van der Waals surface area (Å²) in [5.41, 5.74) is 1.12. The van der Waals surface area contributed by atoms with Crippen LogP contribution in [0.15, 0.2) is 22.7 Å². The molecule has 0 N–H and O–H groups in total. The molecule has 1 fully saturated rings. The molecule has 0 aromatic heterocycles. The predicted octanol–water partition coefficient (Wildman–Crippen LogP) is 4.55. The number of alkyl halides is 1. The molecule has 1 saturated heterocycles. The van der Waals surface area contributed by atoms with Gasteiger partial charge in [0.1, 0.15) is 5.75 Å². The maximum atomic E-state index is 6.57. The molecule has 2 atom stereocenters. The molecule has 0 amide bonds. The van der Waals surface area contributed by atoms with Crippen LogP contribution < -0.4 is 4.74 Å². The molecule has 18 heavy (non-hydrogen) atoms. The first-order chi connectivity index (χ1) is 8.72. The average molecular weight is 334 g/mol. The summed E-state index contributed by atoms with van der Waals surface area (Å²) in [4.78, 5) is 0. The first kappa shape index (κ1) is 14.2. The normalized spacial score (nSPS) is 21.6. The van der Waals surface area contributed by atoms with Crippen LogP contribution in [0.25, 0.3) is 0 Å². The van der Waals surface area contributed by atoms with Gasteiger partial charge in [0, 0.05) is 17.0 Å². The lowest BCUT2D eigenvalue weighted by Gasteiger charge is -2.27. The highest BCUT2D eigenvalue weighted by atomic mass is 79.9. The van der Waals surface area contributed by atoms with Crippen molar-refractivity contribution in [1.29, 1.82) is 0 Å². The minimum absolute atomic E-state index is 0.00430.